The van der Waals surface area contributed by atoms with E-state index in [2.05, 4.69) is 0 Å². The van der Waals surface area contributed by atoms with Gasteiger partial charge in [-0.25, -0.2) is 8.42 Å². The van der Waals surface area contributed by atoms with Crippen molar-refractivity contribution in [1.82, 2.24) is 0 Å². The highest BCUT2D eigenvalue weighted by Crippen LogP contribution is 2.64. The summed E-state index contributed by atoms with van der Waals surface area (Å²) in [6.07, 6.45) is 1.82. The van der Waals surface area contributed by atoms with Gasteiger partial charge in [0.1, 0.15) is 5.78 Å². The predicted molar refractivity (Wildman–Crippen MR) is 67.4 cm³/mol. The largest absolute Gasteiger partial charge is 0.299 e. The van der Waals surface area contributed by atoms with Gasteiger partial charge in [0.25, 0.3) is 0 Å². The molecule has 0 aliphatic heterocycles. The summed E-state index contributed by atoms with van der Waals surface area (Å²) in [6, 6.07) is 3.01. The van der Waals surface area contributed by atoms with Crippen molar-refractivity contribution in [1.29, 1.82) is 10.5 Å². The number of ketones is 1. The molecule has 5 nitrogen and oxygen atoms in total. The Morgan fingerprint density at radius 3 is 2.32 bits per heavy atom. The van der Waals surface area contributed by atoms with Crippen molar-refractivity contribution in [3.63, 3.8) is 0 Å². The highest BCUT2D eigenvalue weighted by Gasteiger charge is 2.65. The number of hydrogen-bond acceptors (Lipinski definition) is 5. The van der Waals surface area contributed by atoms with E-state index in [4.69, 9.17) is 10.5 Å². The topological polar surface area (TPSA) is 98.8 Å². The molecule has 0 saturated heterocycles. The SMILES string of the molecule is CC1(C)C2CC[C@@]1(CS(=O)(=O)C(C#N)C#N)C(=O)C2. The first-order valence-corrected chi connectivity index (χ1v) is 7.97. The Bertz CT molecular complexity index is 595. The summed E-state index contributed by atoms with van der Waals surface area (Å²) in [5.74, 6) is -0.168. The van der Waals surface area contributed by atoms with E-state index in [1.807, 2.05) is 13.8 Å². The molecule has 0 heterocycles. The Kier molecular flexibility index (Phi) is 2.98. The van der Waals surface area contributed by atoms with Crippen LogP contribution in [0.5, 0.6) is 0 Å². The van der Waals surface area contributed by atoms with E-state index in [1.54, 1.807) is 0 Å². The zero-order valence-corrected chi connectivity index (χ0v) is 11.8. The maximum absolute atomic E-state index is 12.2. The average molecular weight is 280 g/mol. The molecule has 2 atom stereocenters. The molecule has 0 amide bonds. The molecule has 2 fully saturated rings. The minimum absolute atomic E-state index is 0.0213. The van der Waals surface area contributed by atoms with Crippen LogP contribution in [0.2, 0.25) is 0 Å². The zero-order valence-electron chi connectivity index (χ0n) is 11.0. The number of Topliss-reactive ketones (excluding diaryl/α,β-unsaturated/α-hetero) is 1. The van der Waals surface area contributed by atoms with Crippen LogP contribution in [0.25, 0.3) is 0 Å². The van der Waals surface area contributed by atoms with Gasteiger partial charge in [0.05, 0.1) is 17.9 Å². The third kappa shape index (κ3) is 1.70. The van der Waals surface area contributed by atoms with E-state index in [1.165, 1.54) is 12.1 Å². The van der Waals surface area contributed by atoms with E-state index in [0.717, 1.165) is 6.42 Å². The fourth-order valence-corrected chi connectivity index (χ4v) is 5.58. The van der Waals surface area contributed by atoms with Gasteiger partial charge in [-0.3, -0.25) is 4.79 Å². The number of hydrogen-bond donors (Lipinski definition) is 0. The van der Waals surface area contributed by atoms with Crippen molar-refractivity contribution in [2.24, 2.45) is 16.7 Å². The first kappa shape index (κ1) is 14.0. The Hall–Kier alpha value is -1.40. The molecule has 0 spiro atoms. The van der Waals surface area contributed by atoms with Gasteiger partial charge in [-0.05, 0) is 24.2 Å². The molecule has 102 valence electrons. The van der Waals surface area contributed by atoms with Crippen LogP contribution >= 0.6 is 0 Å². The Morgan fingerprint density at radius 1 is 1.37 bits per heavy atom. The molecule has 6 heteroatoms. The van der Waals surface area contributed by atoms with Gasteiger partial charge in [0.2, 0.25) is 5.25 Å². The average Bonchev–Trinajstić information content (AvgIpc) is 2.63. The number of nitriles is 2. The van der Waals surface area contributed by atoms with Crippen molar-refractivity contribution < 1.29 is 13.2 Å². The minimum Gasteiger partial charge on any atom is -0.299 e. The summed E-state index contributed by atoms with van der Waals surface area (Å²) < 4.78 is 24.3. The quantitative estimate of drug-likeness (QED) is 0.773. The lowest BCUT2D eigenvalue weighted by molar-refractivity contribution is -0.128. The van der Waals surface area contributed by atoms with Gasteiger partial charge in [0, 0.05) is 11.8 Å². The molecule has 0 radical (unpaired) electrons. The monoisotopic (exact) mass is 280 g/mol. The standard InChI is InChI=1S/C13H16N2O3S/c1-12(2)9-3-4-13(12,11(16)5-9)8-19(17,18)10(6-14)7-15/h9-10H,3-5,8H2,1-2H3/t9?,13-/m1/s1. The summed E-state index contributed by atoms with van der Waals surface area (Å²) in [5, 5.41) is 15.8. The maximum atomic E-state index is 12.2. The number of nitrogens with zero attached hydrogens (tertiary/aromatic N) is 2. The Labute approximate surface area is 113 Å². The molecule has 0 N–H and O–H groups in total. The van der Waals surface area contributed by atoms with Crippen LogP contribution in [-0.2, 0) is 14.6 Å². The van der Waals surface area contributed by atoms with E-state index >= 15 is 0 Å². The lowest BCUT2D eigenvalue weighted by Crippen LogP contribution is -2.44. The van der Waals surface area contributed by atoms with Crippen molar-refractivity contribution in [3.8, 4) is 12.1 Å². The highest BCUT2D eigenvalue weighted by molar-refractivity contribution is 7.92. The normalized spacial score (nSPS) is 32.3. The molecule has 2 aliphatic rings. The van der Waals surface area contributed by atoms with Gasteiger partial charge in [-0.15, -0.1) is 0 Å². The van der Waals surface area contributed by atoms with E-state index in [9.17, 15) is 13.2 Å². The molecule has 2 aliphatic carbocycles. The van der Waals surface area contributed by atoms with Crippen molar-refractivity contribution in [2.45, 2.75) is 38.4 Å². The molecule has 0 aromatic rings. The molecule has 2 bridgehead atoms. The summed E-state index contributed by atoms with van der Waals surface area (Å²) in [7, 11) is -3.90. The Balaban J connectivity index is 2.41. The second kappa shape index (κ2) is 4.05. The minimum atomic E-state index is -3.90. The molecule has 1 unspecified atom stereocenters. The van der Waals surface area contributed by atoms with Crippen LogP contribution in [0.3, 0.4) is 0 Å². The van der Waals surface area contributed by atoms with Crippen LogP contribution in [0, 0.1) is 39.4 Å². The van der Waals surface area contributed by atoms with Crippen molar-refractivity contribution in [2.75, 3.05) is 5.75 Å². The number of carbonyl (C=O) groups excluding carboxylic acids is 1. The lowest BCUT2D eigenvalue weighted by Gasteiger charge is -2.36. The second-order valence-corrected chi connectivity index (χ2v) is 8.20. The van der Waals surface area contributed by atoms with Crippen LogP contribution in [-0.4, -0.2) is 25.2 Å². The summed E-state index contributed by atoms with van der Waals surface area (Å²) in [4.78, 5) is 12.2. The molecule has 19 heavy (non-hydrogen) atoms. The van der Waals surface area contributed by atoms with Gasteiger partial charge in [-0.2, -0.15) is 10.5 Å². The molecule has 2 rings (SSSR count). The van der Waals surface area contributed by atoms with Crippen molar-refractivity contribution in [3.05, 3.63) is 0 Å². The van der Waals surface area contributed by atoms with Gasteiger partial charge >= 0.3 is 0 Å². The molecular formula is C13H16N2O3S. The van der Waals surface area contributed by atoms with Crippen LogP contribution in [0.4, 0.5) is 0 Å². The van der Waals surface area contributed by atoms with Gasteiger partial charge in [-0.1, -0.05) is 13.8 Å². The number of carbonyl (C=O) groups is 1. The third-order valence-corrected chi connectivity index (χ3v) is 7.00. The molecule has 0 aromatic heterocycles. The van der Waals surface area contributed by atoms with Gasteiger partial charge < -0.3 is 0 Å². The smallest absolute Gasteiger partial charge is 0.233 e. The predicted octanol–water partition coefficient (Wildman–Crippen LogP) is 1.21. The number of fused-ring (bicyclic) bond motifs is 2. The van der Waals surface area contributed by atoms with Crippen LogP contribution in [0.1, 0.15) is 33.1 Å². The second-order valence-electron chi connectivity index (χ2n) is 6.11. The first-order valence-electron chi connectivity index (χ1n) is 6.25. The third-order valence-electron chi connectivity index (χ3n) is 5.18. The molecule has 2 saturated carbocycles. The van der Waals surface area contributed by atoms with Gasteiger partial charge in [0.15, 0.2) is 9.84 Å². The highest BCUT2D eigenvalue weighted by atomic mass is 32.2. The summed E-state index contributed by atoms with van der Waals surface area (Å²) >= 11 is 0. The van der Waals surface area contributed by atoms with Crippen LogP contribution < -0.4 is 0 Å². The number of rotatable bonds is 3. The van der Waals surface area contributed by atoms with E-state index in [-0.39, 0.29) is 22.9 Å². The summed E-state index contributed by atoms with van der Waals surface area (Å²) in [6.45, 7) is 3.86. The van der Waals surface area contributed by atoms with Crippen LogP contribution in [0.15, 0.2) is 0 Å². The number of sulfone groups is 1. The first-order chi connectivity index (χ1) is 8.71. The van der Waals surface area contributed by atoms with E-state index in [0.29, 0.717) is 12.8 Å². The lowest BCUT2D eigenvalue weighted by atomic mass is 9.70. The Morgan fingerprint density at radius 2 is 1.95 bits per heavy atom. The fourth-order valence-electron chi connectivity index (χ4n) is 3.72. The summed E-state index contributed by atoms with van der Waals surface area (Å²) in [5.41, 5.74) is -1.27. The van der Waals surface area contributed by atoms with Crippen molar-refractivity contribution >= 4 is 15.6 Å². The maximum Gasteiger partial charge on any atom is 0.233 e. The molecular weight excluding hydrogens is 264 g/mol. The molecule has 0 aromatic carbocycles. The zero-order chi connectivity index (χ0) is 14.5. The van der Waals surface area contributed by atoms with E-state index < -0.39 is 20.5 Å². The fraction of sp³-hybridized carbons (Fsp3) is 0.769.